The lowest BCUT2D eigenvalue weighted by Gasteiger charge is -2.17. The lowest BCUT2D eigenvalue weighted by atomic mass is 10.1. The molecular formula is C15H22O4. The van der Waals surface area contributed by atoms with E-state index in [1.165, 1.54) is 0 Å². The summed E-state index contributed by atoms with van der Waals surface area (Å²) < 4.78 is 11.4. The molecule has 0 unspecified atom stereocenters. The third-order valence-corrected chi connectivity index (χ3v) is 2.36. The van der Waals surface area contributed by atoms with Gasteiger partial charge in [0.15, 0.2) is 11.5 Å². The molecule has 4 nitrogen and oxygen atoms in total. The molecule has 1 aromatic rings. The molecule has 0 spiro atoms. The van der Waals surface area contributed by atoms with Crippen LogP contribution in [0.5, 0.6) is 11.5 Å². The van der Waals surface area contributed by atoms with E-state index in [1.807, 2.05) is 45.9 Å². The zero-order chi connectivity index (χ0) is 14.4. The summed E-state index contributed by atoms with van der Waals surface area (Å²) in [7, 11) is 0. The molecule has 1 N–H and O–H groups in total. The molecule has 19 heavy (non-hydrogen) atoms. The van der Waals surface area contributed by atoms with Gasteiger partial charge in [-0.2, -0.15) is 0 Å². The Bertz CT molecular complexity index is 424. The van der Waals surface area contributed by atoms with Crippen molar-refractivity contribution in [3.05, 3.63) is 23.8 Å². The van der Waals surface area contributed by atoms with Gasteiger partial charge in [-0.1, -0.05) is 6.07 Å². The zero-order valence-electron chi connectivity index (χ0n) is 12.0. The van der Waals surface area contributed by atoms with Crippen LogP contribution in [-0.2, 0) is 11.2 Å². The number of carbonyl (C=O) groups is 1. The van der Waals surface area contributed by atoms with Gasteiger partial charge in [0.25, 0.3) is 0 Å². The molecule has 106 valence electrons. The first-order chi connectivity index (χ1) is 8.88. The van der Waals surface area contributed by atoms with E-state index in [-0.39, 0.29) is 18.6 Å². The highest BCUT2D eigenvalue weighted by Crippen LogP contribution is 2.30. The highest BCUT2D eigenvalue weighted by molar-refractivity contribution is 5.67. The molecule has 0 aliphatic rings. The molecule has 4 heteroatoms. The minimum Gasteiger partial charge on any atom is -0.487 e. The van der Waals surface area contributed by atoms with Gasteiger partial charge < -0.3 is 14.6 Å². The number of hydrogen-bond donors (Lipinski definition) is 1. The predicted octanol–water partition coefficient (Wildman–Crippen LogP) is 3.28. The average molecular weight is 266 g/mol. The Labute approximate surface area is 114 Å². The molecule has 1 aromatic carbocycles. The first-order valence-corrected chi connectivity index (χ1v) is 6.56. The minimum absolute atomic E-state index is 0.0456. The number of aliphatic carboxylic acids is 1. The van der Waals surface area contributed by atoms with Crippen molar-refractivity contribution in [1.29, 1.82) is 0 Å². The van der Waals surface area contributed by atoms with E-state index < -0.39 is 5.97 Å². The third kappa shape index (κ3) is 5.64. The number of ether oxygens (including phenoxy) is 2. The molecule has 0 heterocycles. The molecule has 0 saturated carbocycles. The summed E-state index contributed by atoms with van der Waals surface area (Å²) in [6.07, 6.45) is 0.723. The van der Waals surface area contributed by atoms with Crippen molar-refractivity contribution in [3.8, 4) is 11.5 Å². The fourth-order valence-electron chi connectivity index (χ4n) is 1.66. The Morgan fingerprint density at radius 2 is 1.68 bits per heavy atom. The number of aryl methyl sites for hydroxylation is 1. The number of carboxylic acids is 1. The monoisotopic (exact) mass is 266 g/mol. The summed E-state index contributed by atoms with van der Waals surface area (Å²) in [5.74, 6) is 0.572. The van der Waals surface area contributed by atoms with E-state index in [1.54, 1.807) is 0 Å². The lowest BCUT2D eigenvalue weighted by Crippen LogP contribution is -2.11. The van der Waals surface area contributed by atoms with Gasteiger partial charge >= 0.3 is 5.97 Å². The van der Waals surface area contributed by atoms with E-state index in [4.69, 9.17) is 14.6 Å². The first kappa shape index (κ1) is 15.3. The van der Waals surface area contributed by atoms with Crippen LogP contribution in [0.4, 0.5) is 0 Å². The first-order valence-electron chi connectivity index (χ1n) is 6.56. The molecule has 0 saturated heterocycles. The number of hydrogen-bond acceptors (Lipinski definition) is 3. The fourth-order valence-corrected chi connectivity index (χ4v) is 1.66. The third-order valence-electron chi connectivity index (χ3n) is 2.36. The zero-order valence-corrected chi connectivity index (χ0v) is 12.0. The second kappa shape index (κ2) is 7.02. The summed E-state index contributed by atoms with van der Waals surface area (Å²) in [4.78, 5) is 10.6. The fraction of sp³-hybridized carbons (Fsp3) is 0.533. The smallest absolute Gasteiger partial charge is 0.303 e. The Morgan fingerprint density at radius 1 is 1.11 bits per heavy atom. The van der Waals surface area contributed by atoms with Gasteiger partial charge in [0.2, 0.25) is 0 Å². The number of carboxylic acid groups (broad SMARTS) is 1. The highest BCUT2D eigenvalue weighted by atomic mass is 16.5. The van der Waals surface area contributed by atoms with Crippen LogP contribution in [0, 0.1) is 0 Å². The van der Waals surface area contributed by atoms with Gasteiger partial charge in [-0.3, -0.25) is 4.79 Å². The molecule has 0 amide bonds. The van der Waals surface area contributed by atoms with E-state index in [0.717, 1.165) is 5.56 Å². The second-order valence-corrected chi connectivity index (χ2v) is 5.01. The molecule has 0 aromatic heterocycles. The van der Waals surface area contributed by atoms with Crippen molar-refractivity contribution in [1.82, 2.24) is 0 Å². The van der Waals surface area contributed by atoms with Crippen molar-refractivity contribution < 1.29 is 19.4 Å². The van der Waals surface area contributed by atoms with Crippen LogP contribution >= 0.6 is 0 Å². The van der Waals surface area contributed by atoms with Crippen LogP contribution in [0.2, 0.25) is 0 Å². The average Bonchev–Trinajstić information content (AvgIpc) is 2.28. The van der Waals surface area contributed by atoms with E-state index >= 15 is 0 Å². The van der Waals surface area contributed by atoms with Gasteiger partial charge in [-0.25, -0.2) is 0 Å². The van der Waals surface area contributed by atoms with Crippen LogP contribution in [0.1, 0.15) is 39.7 Å². The van der Waals surface area contributed by atoms with Crippen LogP contribution in [0.15, 0.2) is 18.2 Å². The lowest BCUT2D eigenvalue weighted by molar-refractivity contribution is -0.136. The van der Waals surface area contributed by atoms with Crippen molar-refractivity contribution in [2.24, 2.45) is 0 Å². The van der Waals surface area contributed by atoms with Crippen molar-refractivity contribution in [3.63, 3.8) is 0 Å². The maximum absolute atomic E-state index is 10.6. The van der Waals surface area contributed by atoms with Gasteiger partial charge in [0.05, 0.1) is 12.2 Å². The second-order valence-electron chi connectivity index (χ2n) is 5.01. The molecule has 0 aliphatic carbocycles. The normalized spacial score (nSPS) is 10.8. The van der Waals surface area contributed by atoms with Crippen molar-refractivity contribution in [2.45, 2.75) is 52.7 Å². The highest BCUT2D eigenvalue weighted by Gasteiger charge is 2.10. The quantitative estimate of drug-likeness (QED) is 0.823. The standard InChI is InChI=1S/C15H22O4/c1-10(2)18-13-7-5-12(6-8-15(16)17)9-14(13)19-11(3)4/h5,7,9-11H,6,8H2,1-4H3,(H,16,17). The summed E-state index contributed by atoms with van der Waals surface area (Å²) in [5, 5.41) is 8.71. The van der Waals surface area contributed by atoms with E-state index in [9.17, 15) is 4.79 Å². The molecule has 0 atom stereocenters. The number of rotatable bonds is 7. The van der Waals surface area contributed by atoms with Gasteiger partial charge in [-0.15, -0.1) is 0 Å². The molecule has 0 bridgehead atoms. The van der Waals surface area contributed by atoms with Crippen LogP contribution < -0.4 is 9.47 Å². The summed E-state index contributed by atoms with van der Waals surface area (Å²) in [6.45, 7) is 7.81. The minimum atomic E-state index is -0.797. The van der Waals surface area contributed by atoms with Gasteiger partial charge in [0, 0.05) is 6.42 Å². The molecule has 0 aliphatic heterocycles. The summed E-state index contributed by atoms with van der Waals surface area (Å²) in [6, 6.07) is 5.59. The Kier molecular flexibility index (Phi) is 5.67. The van der Waals surface area contributed by atoms with Gasteiger partial charge in [0.1, 0.15) is 0 Å². The molecule has 0 radical (unpaired) electrons. The number of benzene rings is 1. The Hall–Kier alpha value is -1.71. The SMILES string of the molecule is CC(C)Oc1ccc(CCC(=O)O)cc1OC(C)C. The topological polar surface area (TPSA) is 55.8 Å². The maximum Gasteiger partial charge on any atom is 0.303 e. The molecular weight excluding hydrogens is 244 g/mol. The molecule has 0 fully saturated rings. The summed E-state index contributed by atoms with van der Waals surface area (Å²) in [5.41, 5.74) is 0.939. The van der Waals surface area contributed by atoms with E-state index in [0.29, 0.717) is 17.9 Å². The van der Waals surface area contributed by atoms with Crippen molar-refractivity contribution >= 4 is 5.97 Å². The largest absolute Gasteiger partial charge is 0.487 e. The predicted molar refractivity (Wildman–Crippen MR) is 73.9 cm³/mol. The van der Waals surface area contributed by atoms with E-state index in [2.05, 4.69) is 0 Å². The van der Waals surface area contributed by atoms with Crippen LogP contribution in [0.3, 0.4) is 0 Å². The van der Waals surface area contributed by atoms with Crippen LogP contribution in [0.25, 0.3) is 0 Å². The summed E-state index contributed by atoms with van der Waals surface area (Å²) >= 11 is 0. The van der Waals surface area contributed by atoms with Crippen molar-refractivity contribution in [2.75, 3.05) is 0 Å². The maximum atomic E-state index is 10.6. The Balaban J connectivity index is 2.90. The van der Waals surface area contributed by atoms with Crippen LogP contribution in [-0.4, -0.2) is 23.3 Å². The van der Waals surface area contributed by atoms with Gasteiger partial charge in [-0.05, 0) is 51.8 Å². The Morgan fingerprint density at radius 3 is 2.21 bits per heavy atom. The molecule has 1 rings (SSSR count).